The molecule has 0 aliphatic rings. The van der Waals surface area contributed by atoms with Gasteiger partial charge in [-0.1, -0.05) is 42.5 Å². The number of amides is 1. The summed E-state index contributed by atoms with van der Waals surface area (Å²) in [4.78, 5) is 14.3. The highest BCUT2D eigenvalue weighted by Crippen LogP contribution is 2.12. The predicted octanol–water partition coefficient (Wildman–Crippen LogP) is 1.77. The number of hydrogen-bond acceptors (Lipinski definition) is 4. The minimum absolute atomic E-state index is 0.0119. The minimum atomic E-state index is -0.0119. The summed E-state index contributed by atoms with van der Waals surface area (Å²) in [6.45, 7) is 2.73. The molecule has 0 heterocycles. The number of nitrogens with two attached hydrogens (primary N) is 1. The monoisotopic (exact) mass is 327 g/mol. The molecule has 0 saturated carbocycles. The first-order valence-corrected chi connectivity index (χ1v) is 8.07. The molecular formula is C19H25N3O2. The third-order valence-electron chi connectivity index (χ3n) is 3.69. The molecule has 2 aromatic carbocycles. The van der Waals surface area contributed by atoms with Gasteiger partial charge in [0.05, 0.1) is 13.7 Å². The summed E-state index contributed by atoms with van der Waals surface area (Å²) in [5.74, 6) is 0.776. The highest BCUT2D eigenvalue weighted by Gasteiger charge is 2.10. The summed E-state index contributed by atoms with van der Waals surface area (Å²) in [5, 5.41) is 2.95. The second-order valence-corrected chi connectivity index (χ2v) is 5.61. The lowest BCUT2D eigenvalue weighted by Gasteiger charge is -2.21. The Hall–Kier alpha value is -2.37. The van der Waals surface area contributed by atoms with Gasteiger partial charge in [-0.15, -0.1) is 0 Å². The highest BCUT2D eigenvalue weighted by molar-refractivity contribution is 5.78. The van der Waals surface area contributed by atoms with Gasteiger partial charge in [-0.3, -0.25) is 9.69 Å². The van der Waals surface area contributed by atoms with Crippen LogP contribution in [0.1, 0.15) is 11.1 Å². The van der Waals surface area contributed by atoms with Gasteiger partial charge in [0.2, 0.25) is 5.91 Å². The van der Waals surface area contributed by atoms with Gasteiger partial charge in [-0.2, -0.15) is 0 Å². The van der Waals surface area contributed by atoms with Crippen LogP contribution in [0.2, 0.25) is 0 Å². The number of benzene rings is 2. The molecule has 24 heavy (non-hydrogen) atoms. The third kappa shape index (κ3) is 6.02. The van der Waals surface area contributed by atoms with E-state index in [2.05, 4.69) is 22.3 Å². The van der Waals surface area contributed by atoms with Crippen LogP contribution < -0.4 is 15.8 Å². The minimum Gasteiger partial charge on any atom is -0.497 e. The number of nitrogens with zero attached hydrogens (tertiary/aromatic N) is 1. The van der Waals surface area contributed by atoms with E-state index in [-0.39, 0.29) is 5.91 Å². The quantitative estimate of drug-likeness (QED) is 0.737. The smallest absolute Gasteiger partial charge is 0.234 e. The largest absolute Gasteiger partial charge is 0.497 e. The molecule has 0 saturated heterocycles. The van der Waals surface area contributed by atoms with E-state index in [1.165, 1.54) is 5.56 Å². The van der Waals surface area contributed by atoms with E-state index >= 15 is 0 Å². The first-order chi connectivity index (χ1) is 11.7. The topological polar surface area (TPSA) is 67.6 Å². The average Bonchev–Trinajstić information content (AvgIpc) is 2.61. The predicted molar refractivity (Wildman–Crippen MR) is 95.6 cm³/mol. The van der Waals surface area contributed by atoms with Crippen molar-refractivity contribution < 1.29 is 9.53 Å². The standard InChI is InChI=1S/C19H25N3O2/c1-24-18-9-5-8-17(12-18)13-21-19(23)15-22(11-10-20)14-16-6-3-2-4-7-16/h2-9,12H,10-11,13-15,20H2,1H3,(H,21,23). The lowest BCUT2D eigenvalue weighted by atomic mass is 10.2. The van der Waals surface area contributed by atoms with E-state index in [9.17, 15) is 4.79 Å². The zero-order valence-corrected chi connectivity index (χ0v) is 14.1. The Morgan fingerprint density at radius 1 is 1.12 bits per heavy atom. The number of nitrogens with one attached hydrogen (secondary N) is 1. The first kappa shape index (κ1) is 18.0. The van der Waals surface area contributed by atoms with Gasteiger partial charge in [0, 0.05) is 26.2 Å². The maximum absolute atomic E-state index is 12.2. The fourth-order valence-corrected chi connectivity index (χ4v) is 2.48. The Morgan fingerprint density at radius 3 is 2.58 bits per heavy atom. The highest BCUT2D eigenvalue weighted by atomic mass is 16.5. The zero-order valence-electron chi connectivity index (χ0n) is 14.1. The fraction of sp³-hybridized carbons (Fsp3) is 0.316. The maximum atomic E-state index is 12.2. The molecule has 5 nitrogen and oxygen atoms in total. The van der Waals surface area contributed by atoms with Gasteiger partial charge < -0.3 is 15.8 Å². The average molecular weight is 327 g/mol. The van der Waals surface area contributed by atoms with E-state index in [4.69, 9.17) is 10.5 Å². The molecule has 0 unspecified atom stereocenters. The summed E-state index contributed by atoms with van der Waals surface area (Å²) in [6.07, 6.45) is 0. The van der Waals surface area contributed by atoms with E-state index < -0.39 is 0 Å². The molecule has 5 heteroatoms. The molecule has 0 aliphatic carbocycles. The molecule has 0 bridgehead atoms. The van der Waals surface area contributed by atoms with Crippen LogP contribution in [0.5, 0.6) is 5.75 Å². The number of carbonyl (C=O) groups is 1. The molecule has 0 aromatic heterocycles. The molecule has 2 rings (SSSR count). The van der Waals surface area contributed by atoms with Crippen LogP contribution >= 0.6 is 0 Å². The van der Waals surface area contributed by atoms with E-state index in [0.29, 0.717) is 32.7 Å². The van der Waals surface area contributed by atoms with Crippen LogP contribution in [0.15, 0.2) is 54.6 Å². The van der Waals surface area contributed by atoms with E-state index in [0.717, 1.165) is 11.3 Å². The number of carbonyl (C=O) groups excluding carboxylic acids is 1. The molecule has 0 fully saturated rings. The molecule has 0 spiro atoms. The lowest BCUT2D eigenvalue weighted by molar-refractivity contribution is -0.122. The van der Waals surface area contributed by atoms with Gasteiger partial charge in [0.25, 0.3) is 0 Å². The van der Waals surface area contributed by atoms with Crippen LogP contribution in [-0.4, -0.2) is 37.6 Å². The molecule has 0 aliphatic heterocycles. The first-order valence-electron chi connectivity index (χ1n) is 8.07. The molecule has 1 amide bonds. The normalized spacial score (nSPS) is 10.6. The molecule has 3 N–H and O–H groups in total. The second kappa shape index (κ2) is 9.70. The van der Waals surface area contributed by atoms with Gasteiger partial charge >= 0.3 is 0 Å². The van der Waals surface area contributed by atoms with Crippen molar-refractivity contribution in [3.8, 4) is 5.75 Å². The van der Waals surface area contributed by atoms with Crippen molar-refractivity contribution in [2.24, 2.45) is 5.73 Å². The number of hydrogen-bond donors (Lipinski definition) is 2. The van der Waals surface area contributed by atoms with Crippen molar-refractivity contribution in [2.45, 2.75) is 13.1 Å². The van der Waals surface area contributed by atoms with E-state index in [1.807, 2.05) is 42.5 Å². The van der Waals surface area contributed by atoms with Crippen LogP contribution in [0.4, 0.5) is 0 Å². The van der Waals surface area contributed by atoms with Crippen molar-refractivity contribution in [3.63, 3.8) is 0 Å². The Bertz CT molecular complexity index is 632. The van der Waals surface area contributed by atoms with Crippen LogP contribution in [0, 0.1) is 0 Å². The lowest BCUT2D eigenvalue weighted by Crippen LogP contribution is -2.39. The Kier molecular flexibility index (Phi) is 7.26. The Balaban J connectivity index is 1.85. The van der Waals surface area contributed by atoms with Crippen LogP contribution in [-0.2, 0) is 17.9 Å². The summed E-state index contributed by atoms with van der Waals surface area (Å²) in [7, 11) is 1.63. The number of methoxy groups -OCH3 is 1. The molecular weight excluding hydrogens is 302 g/mol. The number of rotatable bonds is 9. The molecule has 2 aromatic rings. The molecule has 128 valence electrons. The van der Waals surface area contributed by atoms with Crippen molar-refractivity contribution in [1.29, 1.82) is 0 Å². The third-order valence-corrected chi connectivity index (χ3v) is 3.69. The summed E-state index contributed by atoms with van der Waals surface area (Å²) in [5.41, 5.74) is 7.85. The fourth-order valence-electron chi connectivity index (χ4n) is 2.48. The van der Waals surface area contributed by atoms with Gasteiger partial charge in [0.1, 0.15) is 5.75 Å². The van der Waals surface area contributed by atoms with Crippen LogP contribution in [0.25, 0.3) is 0 Å². The SMILES string of the molecule is COc1cccc(CNC(=O)CN(CCN)Cc2ccccc2)c1. The Morgan fingerprint density at radius 2 is 1.88 bits per heavy atom. The summed E-state index contributed by atoms with van der Waals surface area (Å²) < 4.78 is 5.19. The zero-order chi connectivity index (χ0) is 17.2. The van der Waals surface area contributed by atoms with Crippen LogP contribution in [0.3, 0.4) is 0 Å². The summed E-state index contributed by atoms with van der Waals surface area (Å²) >= 11 is 0. The van der Waals surface area contributed by atoms with Crippen molar-refractivity contribution in [2.75, 3.05) is 26.7 Å². The summed E-state index contributed by atoms with van der Waals surface area (Å²) in [6, 6.07) is 17.8. The van der Waals surface area contributed by atoms with Crippen molar-refractivity contribution in [3.05, 3.63) is 65.7 Å². The van der Waals surface area contributed by atoms with E-state index in [1.54, 1.807) is 7.11 Å². The number of ether oxygens (including phenoxy) is 1. The molecule has 0 atom stereocenters. The molecule has 0 radical (unpaired) electrons. The van der Waals surface area contributed by atoms with Crippen molar-refractivity contribution in [1.82, 2.24) is 10.2 Å². The maximum Gasteiger partial charge on any atom is 0.234 e. The van der Waals surface area contributed by atoms with Gasteiger partial charge in [-0.05, 0) is 23.3 Å². The second-order valence-electron chi connectivity index (χ2n) is 5.61. The van der Waals surface area contributed by atoms with Gasteiger partial charge in [0.15, 0.2) is 0 Å². The van der Waals surface area contributed by atoms with Crippen molar-refractivity contribution >= 4 is 5.91 Å². The Labute approximate surface area is 143 Å². The van der Waals surface area contributed by atoms with Gasteiger partial charge in [-0.25, -0.2) is 0 Å².